The molecule has 414 valence electrons. The molecule has 3 aromatic rings. The van der Waals surface area contributed by atoms with Crippen LogP contribution in [0.4, 0.5) is 11.6 Å². The number of aromatic nitrogens is 4. The van der Waals surface area contributed by atoms with Crippen LogP contribution in [0, 0.1) is 0 Å². The molecule has 1 aromatic carbocycles. The van der Waals surface area contributed by atoms with E-state index in [0.717, 1.165) is 33.9 Å². The first-order valence-corrected chi connectivity index (χ1v) is 22.1. The zero-order chi connectivity index (χ0) is 57.8. The van der Waals surface area contributed by atoms with E-state index in [4.69, 9.17) is 47.2 Å². The largest absolute Gasteiger partial charge is 0.481 e. The van der Waals surface area contributed by atoms with Crippen molar-refractivity contribution in [2.45, 2.75) is 71.1 Å². The number of benzene rings is 1. The highest BCUT2D eigenvalue weighted by Crippen LogP contribution is 2.13. The average Bonchev–Trinajstić information content (AvgIpc) is 3.33. The maximum Gasteiger partial charge on any atom is 0.327 e. The lowest BCUT2D eigenvalue weighted by Crippen LogP contribution is -2.51. The van der Waals surface area contributed by atoms with Crippen LogP contribution in [-0.4, -0.2) is 179 Å². The van der Waals surface area contributed by atoms with E-state index in [2.05, 4.69) is 74.8 Å². The van der Waals surface area contributed by atoms with Gasteiger partial charge in [-0.25, -0.2) is 19.6 Å². The number of aliphatic hydroxyl groups is 1. The van der Waals surface area contributed by atoms with Crippen LogP contribution in [0.25, 0.3) is 11.2 Å². The quantitative estimate of drug-likeness (QED) is 0.0227. The summed E-state index contributed by atoms with van der Waals surface area (Å²) in [7, 11) is 1.00. The number of hydrogen-bond donors (Lipinski definition) is 18. The Morgan fingerprint density at radius 1 is 0.733 bits per heavy atom. The molecule has 0 spiro atoms. The minimum Gasteiger partial charge on any atom is -0.481 e. The maximum absolute atomic E-state index is 12.8. The normalized spacial score (nSPS) is 10.9. The SMILES string of the molecule is CC(=O)O.CC(=O)O.CCCN=C(N)N.CO.Nc1nc2ncc(CNc3ccc(C(=O)NC(CCC(=O)NC(CC(=O)O)C(=O)NCC(=O)NCC(=O)NCC(=O)NC(CS)C(=O)O)C(=O)O)cc3)nc2c(=O)[nH]1. The van der Waals surface area contributed by atoms with Gasteiger partial charge in [0.2, 0.25) is 35.5 Å². The molecule has 20 N–H and O–H groups in total. The Labute approximate surface area is 430 Å². The lowest BCUT2D eigenvalue weighted by atomic mass is 10.1. The third kappa shape index (κ3) is 32.4. The number of carbonyl (C=O) groups excluding carboxylic acids is 6. The van der Waals surface area contributed by atoms with Gasteiger partial charge < -0.3 is 85.1 Å². The molecule has 0 aliphatic carbocycles. The number of amides is 6. The number of rotatable bonds is 24. The van der Waals surface area contributed by atoms with Crippen LogP contribution in [-0.2, 0) is 54.5 Å². The highest BCUT2D eigenvalue weighted by atomic mass is 32.1. The number of aromatic amines is 1. The Hall–Kier alpha value is -9.21. The van der Waals surface area contributed by atoms with Gasteiger partial charge in [-0.05, 0) is 37.1 Å². The number of thiol groups is 1. The van der Waals surface area contributed by atoms with Crippen LogP contribution in [0.1, 0.15) is 62.5 Å². The van der Waals surface area contributed by atoms with Gasteiger partial charge in [0.15, 0.2) is 17.1 Å². The number of H-pyrrole nitrogens is 1. The van der Waals surface area contributed by atoms with Gasteiger partial charge in [-0.3, -0.25) is 57.9 Å². The second-order valence-corrected chi connectivity index (χ2v) is 14.7. The summed E-state index contributed by atoms with van der Waals surface area (Å²) in [4.78, 5) is 156. The van der Waals surface area contributed by atoms with Gasteiger partial charge >= 0.3 is 17.9 Å². The number of aliphatic hydroxyl groups excluding tert-OH is 1. The smallest absolute Gasteiger partial charge is 0.327 e. The van der Waals surface area contributed by atoms with Crippen molar-refractivity contribution in [1.82, 2.24) is 51.8 Å². The minimum absolute atomic E-state index is 0.00965. The van der Waals surface area contributed by atoms with E-state index in [1.807, 2.05) is 6.92 Å². The molecule has 0 radical (unpaired) electrons. The Balaban J connectivity index is 0. The first-order chi connectivity index (χ1) is 35.2. The summed E-state index contributed by atoms with van der Waals surface area (Å²) in [6, 6.07) is 1.25. The third-order valence-corrected chi connectivity index (χ3v) is 8.42. The standard InChI is InChI=1S/C32H38N12O13S.C4H11N3.2C2H4O2.CH4O/c33-32-43-26-25(29(53)44-32)39-16(9-37-26)8-34-15-3-1-14(2-4-15)27(51)42-17(30(54)55)5-6-20(45)40-18(7-24(49)50)28(52)38-11-22(47)35-10-21(46)36-12-23(48)41-19(13-58)31(56)57;1-2-3-7-4(5)6;2*1-2(3)4;1-2/h1-4,9,17-19,34,58H,5-8,10-13H2,(H,35,47)(H,36,46)(H,38,52)(H,40,45)(H,41,48)(H,42,51)(H,49,50)(H,54,55)(H,56,57)(H3,33,37,43,44,53);2-3H2,1H3,(H4,5,6,7);2*1H3,(H,3,4);2H,1H3. The van der Waals surface area contributed by atoms with Crippen molar-refractivity contribution >= 4 is 107 Å². The van der Waals surface area contributed by atoms with E-state index in [0.29, 0.717) is 11.4 Å². The molecule has 0 bridgehead atoms. The summed E-state index contributed by atoms with van der Waals surface area (Å²) in [6.07, 6.45) is 0.431. The van der Waals surface area contributed by atoms with E-state index < -0.39 is 128 Å². The zero-order valence-electron chi connectivity index (χ0n) is 40.7. The molecular formula is C41H61N15O18S. The van der Waals surface area contributed by atoms with Crippen molar-refractivity contribution in [3.8, 4) is 0 Å². The van der Waals surface area contributed by atoms with Gasteiger partial charge in [-0.1, -0.05) is 6.92 Å². The molecule has 2 aromatic heterocycles. The highest BCUT2D eigenvalue weighted by Gasteiger charge is 2.27. The van der Waals surface area contributed by atoms with Crippen LogP contribution in [0.3, 0.4) is 0 Å². The van der Waals surface area contributed by atoms with Crippen molar-refractivity contribution in [3.63, 3.8) is 0 Å². The van der Waals surface area contributed by atoms with Crippen LogP contribution in [0.15, 0.2) is 40.2 Å². The molecule has 33 nitrogen and oxygen atoms in total. The van der Waals surface area contributed by atoms with E-state index in [1.165, 1.54) is 30.5 Å². The summed E-state index contributed by atoms with van der Waals surface area (Å²) < 4.78 is 0. The van der Waals surface area contributed by atoms with E-state index in [9.17, 15) is 58.2 Å². The number of fused-ring (bicyclic) bond motifs is 1. The van der Waals surface area contributed by atoms with Crippen molar-refractivity contribution in [1.29, 1.82) is 0 Å². The molecular weight excluding hydrogens is 1020 g/mol. The second-order valence-electron chi connectivity index (χ2n) is 14.3. The number of nitrogens with zero attached hydrogens (tertiary/aromatic N) is 4. The third-order valence-electron chi connectivity index (χ3n) is 8.05. The second kappa shape index (κ2) is 37.6. The number of anilines is 2. The molecule has 3 rings (SSSR count). The monoisotopic (exact) mass is 1080 g/mol. The van der Waals surface area contributed by atoms with Crippen LogP contribution in [0.2, 0.25) is 0 Å². The number of hydrogen-bond acceptors (Lipinski definition) is 20. The van der Waals surface area contributed by atoms with Gasteiger partial charge in [0, 0.05) is 50.9 Å². The highest BCUT2D eigenvalue weighted by molar-refractivity contribution is 7.80. The Morgan fingerprint density at radius 3 is 1.73 bits per heavy atom. The number of nitrogen functional groups attached to an aromatic ring is 1. The van der Waals surface area contributed by atoms with Gasteiger partial charge in [-0.2, -0.15) is 17.6 Å². The summed E-state index contributed by atoms with van der Waals surface area (Å²) >= 11 is 3.79. The number of carboxylic acid groups (broad SMARTS) is 5. The molecule has 2 heterocycles. The molecule has 0 fully saturated rings. The number of nitrogens with two attached hydrogens (primary N) is 3. The molecule has 34 heteroatoms. The van der Waals surface area contributed by atoms with Crippen LogP contribution >= 0.6 is 12.6 Å². The first-order valence-electron chi connectivity index (χ1n) is 21.4. The van der Waals surface area contributed by atoms with E-state index in [1.54, 1.807) is 0 Å². The lowest BCUT2D eigenvalue weighted by Gasteiger charge is -2.18. The van der Waals surface area contributed by atoms with Gasteiger partial charge in [-0.15, -0.1) is 0 Å². The van der Waals surface area contributed by atoms with Crippen LogP contribution < -0.4 is 60.0 Å². The first kappa shape index (κ1) is 67.9. The van der Waals surface area contributed by atoms with Gasteiger partial charge in [0.05, 0.1) is 44.5 Å². The summed E-state index contributed by atoms with van der Waals surface area (Å²) in [5.41, 5.74) is 16.0. The number of guanidine groups is 1. The topological polar surface area (TPSA) is 555 Å². The summed E-state index contributed by atoms with van der Waals surface area (Å²) in [5, 5.41) is 65.6. The van der Waals surface area contributed by atoms with Crippen molar-refractivity contribution in [3.05, 3.63) is 52.1 Å². The fourth-order valence-electron chi connectivity index (χ4n) is 4.86. The molecule has 0 aliphatic heterocycles. The molecule has 3 atom stereocenters. The maximum atomic E-state index is 12.8. The van der Waals surface area contributed by atoms with E-state index in [-0.39, 0.29) is 40.9 Å². The number of aliphatic imine (C=N–C) groups is 1. The fourth-order valence-corrected chi connectivity index (χ4v) is 5.11. The van der Waals surface area contributed by atoms with Crippen molar-refractivity contribution in [2.24, 2.45) is 16.5 Å². The number of nitrogens with one attached hydrogen (secondary N) is 8. The minimum atomic E-state index is -1.70. The number of carboxylic acids is 5. The lowest BCUT2D eigenvalue weighted by molar-refractivity contribution is -0.141. The van der Waals surface area contributed by atoms with E-state index >= 15 is 0 Å². The van der Waals surface area contributed by atoms with Gasteiger partial charge in [0.25, 0.3) is 23.4 Å². The van der Waals surface area contributed by atoms with Crippen molar-refractivity contribution < 1.29 is 83.4 Å². The molecule has 6 amide bonds. The van der Waals surface area contributed by atoms with Gasteiger partial charge in [0.1, 0.15) is 18.1 Å². The van der Waals surface area contributed by atoms with Crippen molar-refractivity contribution in [2.75, 3.05) is 50.1 Å². The molecule has 0 saturated carbocycles. The van der Waals surface area contributed by atoms with Crippen LogP contribution in [0.5, 0.6) is 0 Å². The Kier molecular flexibility index (Phi) is 34.0. The molecule has 0 saturated heterocycles. The Morgan fingerprint density at radius 2 is 1.25 bits per heavy atom. The zero-order valence-corrected chi connectivity index (χ0v) is 41.6. The predicted octanol–water partition coefficient (Wildman–Crippen LogP) is -4.86. The average molecular weight is 1080 g/mol. The fraction of sp³-hybridized carbons (Fsp3) is 0.415. The molecule has 3 unspecified atom stereocenters. The molecule has 75 heavy (non-hydrogen) atoms. The summed E-state index contributed by atoms with van der Waals surface area (Å²) in [6.45, 7) is 3.03. The predicted molar refractivity (Wildman–Crippen MR) is 267 cm³/mol. The summed E-state index contributed by atoms with van der Waals surface area (Å²) in [5.74, 6) is -11.6. The number of aliphatic carboxylic acids is 5. The number of carbonyl (C=O) groups is 11. The molecule has 0 aliphatic rings. The Bertz CT molecular complexity index is 2490.